The van der Waals surface area contributed by atoms with Gasteiger partial charge in [0.1, 0.15) is 10.1 Å². The minimum atomic E-state index is -1.40. The first-order valence-corrected chi connectivity index (χ1v) is 5.08. The third-order valence-electron chi connectivity index (χ3n) is 1.97. The third kappa shape index (κ3) is 3.09. The molecule has 0 aromatic carbocycles. The van der Waals surface area contributed by atoms with Gasteiger partial charge in [0.15, 0.2) is 0 Å². The largest absolute Gasteiger partial charge is 0.477 e. The van der Waals surface area contributed by atoms with Gasteiger partial charge in [-0.15, -0.1) is 0 Å². The molecule has 1 rings (SSSR count). The first-order valence-electron chi connectivity index (χ1n) is 4.32. The van der Waals surface area contributed by atoms with Gasteiger partial charge in [-0.05, 0) is 0 Å². The lowest BCUT2D eigenvalue weighted by molar-refractivity contribution is -0.133. The number of aliphatic carboxylic acids is 1. The number of carboxylic acid groups (broad SMARTS) is 1. The van der Waals surface area contributed by atoms with Crippen LogP contribution in [0.25, 0.3) is 0 Å². The van der Waals surface area contributed by atoms with Crippen molar-refractivity contribution in [1.29, 1.82) is 0 Å². The molecule has 0 unspecified atom stereocenters. The molecule has 15 heavy (non-hydrogen) atoms. The molecule has 7 heteroatoms. The van der Waals surface area contributed by atoms with Crippen LogP contribution in [0.4, 0.5) is 0 Å². The van der Waals surface area contributed by atoms with Gasteiger partial charge in [-0.1, -0.05) is 23.2 Å². The number of piperazine rings is 1. The fourth-order valence-electron chi connectivity index (χ4n) is 1.19. The van der Waals surface area contributed by atoms with Crippen molar-refractivity contribution in [1.82, 2.24) is 10.2 Å². The third-order valence-corrected chi connectivity index (χ3v) is 2.77. The zero-order chi connectivity index (χ0) is 11.4. The molecule has 1 aliphatic rings. The number of nitrogens with one attached hydrogen (secondary N) is 1. The van der Waals surface area contributed by atoms with Crippen LogP contribution in [0.15, 0.2) is 10.1 Å². The van der Waals surface area contributed by atoms with Gasteiger partial charge in [0, 0.05) is 26.2 Å². The molecule has 0 atom stereocenters. The van der Waals surface area contributed by atoms with Crippen molar-refractivity contribution in [2.24, 2.45) is 0 Å². The highest BCUT2D eigenvalue weighted by Crippen LogP contribution is 2.17. The molecule has 0 bridgehead atoms. The van der Waals surface area contributed by atoms with E-state index in [1.807, 2.05) is 0 Å². The number of carbonyl (C=O) groups excluding carboxylic acids is 1. The summed E-state index contributed by atoms with van der Waals surface area (Å²) in [4.78, 5) is 23.5. The Hall–Kier alpha value is -0.780. The van der Waals surface area contributed by atoms with E-state index in [0.717, 1.165) is 0 Å². The number of amides is 1. The van der Waals surface area contributed by atoms with Gasteiger partial charge < -0.3 is 15.3 Å². The number of nitrogens with zero attached hydrogens (tertiary/aromatic N) is 1. The van der Waals surface area contributed by atoms with Gasteiger partial charge in [0.05, 0.1) is 0 Å². The van der Waals surface area contributed by atoms with Crippen LogP contribution in [0.2, 0.25) is 0 Å². The van der Waals surface area contributed by atoms with Crippen molar-refractivity contribution < 1.29 is 14.7 Å². The SMILES string of the molecule is O=C(O)C(Cl)=C(Cl)C(=O)N1CCNCC1. The second kappa shape index (κ2) is 5.34. The van der Waals surface area contributed by atoms with E-state index in [1.165, 1.54) is 4.90 Å². The summed E-state index contributed by atoms with van der Waals surface area (Å²) in [5.74, 6) is -1.93. The lowest BCUT2D eigenvalue weighted by Crippen LogP contribution is -2.46. The van der Waals surface area contributed by atoms with Crippen LogP contribution in [0.5, 0.6) is 0 Å². The van der Waals surface area contributed by atoms with E-state index < -0.39 is 21.9 Å². The molecule has 84 valence electrons. The van der Waals surface area contributed by atoms with Crippen molar-refractivity contribution in [2.45, 2.75) is 0 Å². The second-order valence-electron chi connectivity index (χ2n) is 2.98. The average molecular weight is 253 g/mol. The molecule has 0 radical (unpaired) electrons. The molecule has 2 N–H and O–H groups in total. The predicted molar refractivity (Wildman–Crippen MR) is 55.8 cm³/mol. The summed E-state index contributed by atoms with van der Waals surface area (Å²) in [7, 11) is 0. The topological polar surface area (TPSA) is 69.6 Å². The Bertz CT molecular complexity index is 311. The van der Waals surface area contributed by atoms with Gasteiger partial charge in [-0.25, -0.2) is 4.79 Å². The molecule has 0 aliphatic carbocycles. The lowest BCUT2D eigenvalue weighted by atomic mass is 10.3. The van der Waals surface area contributed by atoms with Gasteiger partial charge in [-0.3, -0.25) is 4.79 Å². The number of carboxylic acids is 1. The first-order chi connectivity index (χ1) is 7.04. The van der Waals surface area contributed by atoms with E-state index in [9.17, 15) is 9.59 Å². The molecule has 0 saturated carbocycles. The van der Waals surface area contributed by atoms with Crippen LogP contribution in [0.1, 0.15) is 0 Å². The zero-order valence-corrected chi connectivity index (χ0v) is 9.31. The Morgan fingerprint density at radius 2 is 1.67 bits per heavy atom. The molecule has 1 aliphatic heterocycles. The molecule has 1 heterocycles. The average Bonchev–Trinajstić information content (AvgIpc) is 2.27. The number of rotatable bonds is 2. The second-order valence-corrected chi connectivity index (χ2v) is 3.73. The van der Waals surface area contributed by atoms with Crippen molar-refractivity contribution >= 4 is 35.1 Å². The maximum absolute atomic E-state index is 11.6. The maximum Gasteiger partial charge on any atom is 0.349 e. The Morgan fingerprint density at radius 3 is 2.13 bits per heavy atom. The van der Waals surface area contributed by atoms with Crippen molar-refractivity contribution in [3.8, 4) is 0 Å². The van der Waals surface area contributed by atoms with Gasteiger partial charge in [0.25, 0.3) is 5.91 Å². The number of halogens is 2. The standard InChI is InChI=1S/C8H10Cl2N2O3/c9-5(6(10)8(14)15)7(13)12-3-1-11-2-4-12/h11H,1-4H2,(H,14,15). The summed E-state index contributed by atoms with van der Waals surface area (Å²) in [6.45, 7) is 2.33. The Labute approximate surface area is 96.6 Å². The van der Waals surface area contributed by atoms with Crippen LogP contribution < -0.4 is 5.32 Å². The molecule has 1 amide bonds. The van der Waals surface area contributed by atoms with E-state index in [4.69, 9.17) is 28.3 Å². The van der Waals surface area contributed by atoms with Crippen molar-refractivity contribution in [2.75, 3.05) is 26.2 Å². The minimum absolute atomic E-state index is 0.439. The minimum Gasteiger partial charge on any atom is -0.477 e. The molecule has 0 spiro atoms. The monoisotopic (exact) mass is 252 g/mol. The molecule has 1 fully saturated rings. The van der Waals surface area contributed by atoms with Gasteiger partial charge in [0.2, 0.25) is 0 Å². The highest BCUT2D eigenvalue weighted by molar-refractivity contribution is 6.53. The first kappa shape index (κ1) is 12.3. The van der Waals surface area contributed by atoms with E-state index in [0.29, 0.717) is 26.2 Å². The van der Waals surface area contributed by atoms with E-state index in [1.54, 1.807) is 0 Å². The van der Waals surface area contributed by atoms with E-state index in [2.05, 4.69) is 5.32 Å². The van der Waals surface area contributed by atoms with E-state index >= 15 is 0 Å². The summed E-state index contributed by atoms with van der Waals surface area (Å²) >= 11 is 10.9. The van der Waals surface area contributed by atoms with E-state index in [-0.39, 0.29) is 0 Å². The molecule has 0 aromatic heterocycles. The quantitative estimate of drug-likeness (QED) is 0.689. The van der Waals surface area contributed by atoms with Crippen LogP contribution in [-0.4, -0.2) is 48.1 Å². The summed E-state index contributed by atoms with van der Waals surface area (Å²) in [5.41, 5.74) is 0. The van der Waals surface area contributed by atoms with Crippen molar-refractivity contribution in [3.63, 3.8) is 0 Å². The Balaban J connectivity index is 2.74. The number of carbonyl (C=O) groups is 2. The molecule has 5 nitrogen and oxygen atoms in total. The summed E-state index contributed by atoms with van der Waals surface area (Å²) in [6, 6.07) is 0. The lowest BCUT2D eigenvalue weighted by Gasteiger charge is -2.27. The summed E-state index contributed by atoms with van der Waals surface area (Å²) in [6.07, 6.45) is 0. The zero-order valence-electron chi connectivity index (χ0n) is 7.80. The highest BCUT2D eigenvalue weighted by atomic mass is 35.5. The van der Waals surface area contributed by atoms with Crippen LogP contribution in [0, 0.1) is 0 Å². The highest BCUT2D eigenvalue weighted by Gasteiger charge is 2.23. The van der Waals surface area contributed by atoms with Gasteiger partial charge >= 0.3 is 5.97 Å². The van der Waals surface area contributed by atoms with Crippen LogP contribution >= 0.6 is 23.2 Å². The van der Waals surface area contributed by atoms with Crippen molar-refractivity contribution in [3.05, 3.63) is 10.1 Å². The maximum atomic E-state index is 11.6. The molecular weight excluding hydrogens is 243 g/mol. The Kier molecular flexibility index (Phi) is 4.38. The predicted octanol–water partition coefficient (Wildman–Crippen LogP) is 0.192. The van der Waals surface area contributed by atoms with Crippen LogP contribution in [0.3, 0.4) is 0 Å². The number of hydrogen-bond acceptors (Lipinski definition) is 3. The Morgan fingerprint density at radius 1 is 1.13 bits per heavy atom. The number of hydrogen-bond donors (Lipinski definition) is 2. The van der Waals surface area contributed by atoms with Crippen LogP contribution in [-0.2, 0) is 9.59 Å². The smallest absolute Gasteiger partial charge is 0.349 e. The van der Waals surface area contributed by atoms with Gasteiger partial charge in [-0.2, -0.15) is 0 Å². The molecule has 1 saturated heterocycles. The fourth-order valence-corrected chi connectivity index (χ4v) is 1.48. The fraction of sp³-hybridized carbons (Fsp3) is 0.500. The normalized spacial score (nSPS) is 18.4. The molecule has 0 aromatic rings. The summed E-state index contributed by atoms with van der Waals surface area (Å²) < 4.78 is 0. The summed E-state index contributed by atoms with van der Waals surface area (Å²) in [5, 5.41) is 10.5. The molecular formula is C8H10Cl2N2O3.